The third-order valence-corrected chi connectivity index (χ3v) is 1.44. The molecule has 70 valence electrons. The maximum atomic E-state index is 10.6. The van der Waals surface area contributed by atoms with E-state index in [2.05, 4.69) is 10.2 Å². The lowest BCUT2D eigenvalue weighted by Crippen LogP contribution is -2.24. The van der Waals surface area contributed by atoms with E-state index in [0.717, 1.165) is 0 Å². The highest BCUT2D eigenvalue weighted by Crippen LogP contribution is 2.10. The van der Waals surface area contributed by atoms with E-state index < -0.39 is 11.9 Å². The Kier molecular flexibility index (Phi) is 3.33. The summed E-state index contributed by atoms with van der Waals surface area (Å²) in [6, 6.07) is 9.22. The summed E-state index contributed by atoms with van der Waals surface area (Å²) in [6.07, 6.45) is 0. The molecule has 1 rings (SSSR count). The second-order valence-corrected chi connectivity index (χ2v) is 2.49. The van der Waals surface area contributed by atoms with Gasteiger partial charge in [0.2, 0.25) is 6.04 Å². The van der Waals surface area contributed by atoms with E-state index in [1.807, 2.05) is 6.07 Å². The fourth-order valence-electron chi connectivity index (χ4n) is 0.765. The lowest BCUT2D eigenvalue weighted by Gasteiger charge is -1.94. The van der Waals surface area contributed by atoms with Crippen LogP contribution in [0.5, 0.6) is 0 Å². The number of azo groups is 1. The van der Waals surface area contributed by atoms with Crippen molar-refractivity contribution < 1.29 is 4.79 Å². The van der Waals surface area contributed by atoms with Crippen molar-refractivity contribution in [1.29, 1.82) is 5.26 Å². The molecule has 0 radical (unpaired) electrons. The zero-order chi connectivity index (χ0) is 10.4. The van der Waals surface area contributed by atoms with Gasteiger partial charge in [-0.2, -0.15) is 15.5 Å². The van der Waals surface area contributed by atoms with E-state index in [4.69, 9.17) is 11.0 Å². The lowest BCUT2D eigenvalue weighted by atomic mass is 10.3. The predicted octanol–water partition coefficient (Wildman–Crippen LogP) is 1.15. The Balaban J connectivity index is 2.74. The van der Waals surface area contributed by atoms with E-state index in [9.17, 15) is 4.79 Å². The molecule has 0 aliphatic rings. The van der Waals surface area contributed by atoms with Crippen molar-refractivity contribution in [3.05, 3.63) is 30.3 Å². The van der Waals surface area contributed by atoms with Gasteiger partial charge in [0, 0.05) is 0 Å². The molecule has 14 heavy (non-hydrogen) atoms. The van der Waals surface area contributed by atoms with Gasteiger partial charge < -0.3 is 5.73 Å². The van der Waals surface area contributed by atoms with Gasteiger partial charge in [0.1, 0.15) is 6.07 Å². The number of carbonyl (C=O) groups excluding carboxylic acids is 1. The largest absolute Gasteiger partial charge is 0.367 e. The molecule has 5 heteroatoms. The Bertz CT molecular complexity index is 380. The summed E-state index contributed by atoms with van der Waals surface area (Å²) in [6.45, 7) is 0. The van der Waals surface area contributed by atoms with Crippen molar-refractivity contribution in [2.45, 2.75) is 6.04 Å². The smallest absolute Gasteiger partial charge is 0.258 e. The van der Waals surface area contributed by atoms with Crippen LogP contribution < -0.4 is 5.73 Å². The summed E-state index contributed by atoms with van der Waals surface area (Å²) in [7, 11) is 0. The molecule has 0 unspecified atom stereocenters. The molecule has 0 bridgehead atoms. The van der Waals surface area contributed by atoms with Gasteiger partial charge in [-0.1, -0.05) is 18.2 Å². The van der Waals surface area contributed by atoms with Crippen molar-refractivity contribution >= 4 is 11.6 Å². The summed E-state index contributed by atoms with van der Waals surface area (Å²) in [5.74, 6) is -0.799. The fourth-order valence-corrected chi connectivity index (χ4v) is 0.765. The number of hydrogen-bond acceptors (Lipinski definition) is 4. The monoisotopic (exact) mass is 188 g/mol. The molecule has 5 nitrogen and oxygen atoms in total. The molecule has 0 saturated carbocycles. The standard InChI is InChI=1S/C9H8N4O/c10-6-8(9(11)14)13-12-7-4-2-1-3-5-7/h1-5,8H,(H2,11,14)/t8-/m0/s1. The first-order valence-electron chi connectivity index (χ1n) is 3.89. The van der Waals surface area contributed by atoms with Gasteiger partial charge in [-0.3, -0.25) is 4.79 Å². The second-order valence-electron chi connectivity index (χ2n) is 2.49. The number of carbonyl (C=O) groups is 1. The molecule has 0 aromatic heterocycles. The molecule has 0 aliphatic heterocycles. The highest BCUT2D eigenvalue weighted by Gasteiger charge is 2.11. The third-order valence-electron chi connectivity index (χ3n) is 1.44. The van der Waals surface area contributed by atoms with Crippen LogP contribution in [0.25, 0.3) is 0 Å². The van der Waals surface area contributed by atoms with Crippen molar-refractivity contribution in [3.8, 4) is 6.07 Å². The summed E-state index contributed by atoms with van der Waals surface area (Å²) in [5, 5.41) is 15.7. The van der Waals surface area contributed by atoms with Crippen molar-refractivity contribution in [2.75, 3.05) is 0 Å². The van der Waals surface area contributed by atoms with Gasteiger partial charge >= 0.3 is 0 Å². The molecule has 1 amide bonds. The number of hydrogen-bond donors (Lipinski definition) is 1. The Hall–Kier alpha value is -2.22. The van der Waals surface area contributed by atoms with Gasteiger partial charge in [0.25, 0.3) is 5.91 Å². The van der Waals surface area contributed by atoms with Crippen LogP contribution in [0.4, 0.5) is 5.69 Å². The quantitative estimate of drug-likeness (QED) is 0.720. The minimum atomic E-state index is -1.21. The average Bonchev–Trinajstić information content (AvgIpc) is 2.20. The molecular formula is C9H8N4O. The van der Waals surface area contributed by atoms with Crippen LogP contribution in [0.1, 0.15) is 0 Å². The fraction of sp³-hybridized carbons (Fsp3) is 0.111. The van der Waals surface area contributed by atoms with Gasteiger partial charge in [-0.25, -0.2) is 0 Å². The topological polar surface area (TPSA) is 91.6 Å². The number of nitrogens with two attached hydrogens (primary N) is 1. The SMILES string of the molecule is N#C[C@H](N=Nc1ccccc1)C(N)=O. The number of benzene rings is 1. The Labute approximate surface area is 80.9 Å². The Morgan fingerprint density at radius 1 is 1.43 bits per heavy atom. The molecule has 1 aromatic carbocycles. The molecule has 0 saturated heterocycles. The molecule has 1 atom stereocenters. The molecule has 0 fully saturated rings. The van der Waals surface area contributed by atoms with Gasteiger partial charge in [-0.15, -0.1) is 0 Å². The third kappa shape index (κ3) is 2.68. The Morgan fingerprint density at radius 2 is 2.07 bits per heavy atom. The van der Waals surface area contributed by atoms with E-state index in [-0.39, 0.29) is 0 Å². The zero-order valence-corrected chi connectivity index (χ0v) is 7.29. The lowest BCUT2D eigenvalue weighted by molar-refractivity contribution is -0.118. The summed E-state index contributed by atoms with van der Waals surface area (Å²) in [5.41, 5.74) is 5.47. The van der Waals surface area contributed by atoms with E-state index in [0.29, 0.717) is 5.69 Å². The van der Waals surface area contributed by atoms with E-state index in [1.54, 1.807) is 30.3 Å². The Morgan fingerprint density at radius 3 is 2.57 bits per heavy atom. The minimum absolute atomic E-state index is 0.578. The maximum absolute atomic E-state index is 10.6. The number of nitriles is 1. The average molecular weight is 188 g/mol. The van der Waals surface area contributed by atoms with Crippen molar-refractivity contribution in [2.24, 2.45) is 16.0 Å². The zero-order valence-electron chi connectivity index (χ0n) is 7.29. The first-order valence-corrected chi connectivity index (χ1v) is 3.89. The number of primary amides is 1. The minimum Gasteiger partial charge on any atom is -0.367 e. The summed E-state index contributed by atoms with van der Waals surface area (Å²) < 4.78 is 0. The van der Waals surface area contributed by atoms with Crippen LogP contribution in [0.15, 0.2) is 40.6 Å². The van der Waals surface area contributed by atoms with Crippen LogP contribution in [0.2, 0.25) is 0 Å². The van der Waals surface area contributed by atoms with Crippen LogP contribution in [0, 0.1) is 11.3 Å². The molecular weight excluding hydrogens is 180 g/mol. The van der Waals surface area contributed by atoms with Gasteiger partial charge in [0.15, 0.2) is 0 Å². The first-order chi connectivity index (χ1) is 6.74. The number of nitrogens with zero attached hydrogens (tertiary/aromatic N) is 3. The number of amides is 1. The van der Waals surface area contributed by atoms with Crippen LogP contribution in [-0.4, -0.2) is 11.9 Å². The van der Waals surface area contributed by atoms with E-state index in [1.165, 1.54) is 0 Å². The van der Waals surface area contributed by atoms with Crippen LogP contribution in [0.3, 0.4) is 0 Å². The molecule has 2 N–H and O–H groups in total. The van der Waals surface area contributed by atoms with Crippen LogP contribution >= 0.6 is 0 Å². The summed E-state index contributed by atoms with van der Waals surface area (Å²) >= 11 is 0. The predicted molar refractivity (Wildman–Crippen MR) is 49.6 cm³/mol. The molecule has 0 spiro atoms. The van der Waals surface area contributed by atoms with Crippen molar-refractivity contribution in [1.82, 2.24) is 0 Å². The number of rotatable bonds is 3. The van der Waals surface area contributed by atoms with Crippen molar-refractivity contribution in [3.63, 3.8) is 0 Å². The normalized spacial score (nSPS) is 12.2. The van der Waals surface area contributed by atoms with Crippen LogP contribution in [-0.2, 0) is 4.79 Å². The molecule has 0 aliphatic carbocycles. The highest BCUT2D eigenvalue weighted by molar-refractivity contribution is 5.82. The van der Waals surface area contributed by atoms with Gasteiger partial charge in [-0.05, 0) is 12.1 Å². The molecule has 0 heterocycles. The molecule has 1 aromatic rings. The van der Waals surface area contributed by atoms with E-state index >= 15 is 0 Å². The first kappa shape index (κ1) is 9.86. The van der Waals surface area contributed by atoms with Gasteiger partial charge in [0.05, 0.1) is 5.69 Å². The maximum Gasteiger partial charge on any atom is 0.258 e. The summed E-state index contributed by atoms with van der Waals surface area (Å²) in [4.78, 5) is 10.6. The second kappa shape index (κ2) is 4.72. The highest BCUT2D eigenvalue weighted by atomic mass is 16.1.